The molecule has 1 aromatic heterocycles. The third kappa shape index (κ3) is 4.27. The Morgan fingerprint density at radius 1 is 0.774 bits per heavy atom. The van der Waals surface area contributed by atoms with Gasteiger partial charge in [0.05, 0.1) is 0 Å². The molecule has 1 aliphatic rings. The van der Waals surface area contributed by atoms with Crippen LogP contribution >= 0.6 is 0 Å². The molecule has 3 aromatic rings. The zero-order chi connectivity index (χ0) is 23.0. The number of aliphatic hydroxyl groups is 1. The molecular formula is C24H28O7. The molecule has 5 N–H and O–H groups in total. The smallest absolute Gasteiger partial charge is 0.157 e. The van der Waals surface area contributed by atoms with Crippen molar-refractivity contribution in [2.75, 3.05) is 0 Å². The van der Waals surface area contributed by atoms with Gasteiger partial charge in [-0.15, -0.1) is 0 Å². The van der Waals surface area contributed by atoms with Gasteiger partial charge in [-0.25, -0.2) is 0 Å². The number of fused-ring (bicyclic) bond motifs is 1. The first-order chi connectivity index (χ1) is 14.5. The predicted molar refractivity (Wildman–Crippen MR) is 115 cm³/mol. The molecule has 0 radical (unpaired) electrons. The second-order valence-corrected chi connectivity index (χ2v) is 7.91. The van der Waals surface area contributed by atoms with Gasteiger partial charge in [-0.3, -0.25) is 0 Å². The van der Waals surface area contributed by atoms with Gasteiger partial charge >= 0.3 is 0 Å². The number of aliphatic hydroxyl groups excluding tert-OH is 1. The van der Waals surface area contributed by atoms with E-state index in [0.717, 1.165) is 11.5 Å². The normalized spacial score (nSPS) is 19.7. The van der Waals surface area contributed by atoms with Crippen molar-refractivity contribution < 1.29 is 34.7 Å². The van der Waals surface area contributed by atoms with E-state index in [0.29, 0.717) is 11.1 Å². The summed E-state index contributed by atoms with van der Waals surface area (Å²) in [7, 11) is 0. The monoisotopic (exact) mass is 428 g/mol. The Labute approximate surface area is 180 Å². The number of benzene rings is 2. The van der Waals surface area contributed by atoms with E-state index in [9.17, 15) is 25.5 Å². The van der Waals surface area contributed by atoms with E-state index < -0.39 is 18.1 Å². The lowest BCUT2D eigenvalue weighted by Gasteiger charge is -2.35. The van der Waals surface area contributed by atoms with Crippen molar-refractivity contribution in [1.82, 2.24) is 0 Å². The van der Waals surface area contributed by atoms with Crippen LogP contribution in [0.3, 0.4) is 0 Å². The van der Waals surface area contributed by atoms with Crippen LogP contribution in [0.5, 0.6) is 28.7 Å². The second kappa shape index (κ2) is 8.43. The third-order valence-electron chi connectivity index (χ3n) is 5.89. The Morgan fingerprint density at radius 3 is 1.90 bits per heavy atom. The molecule has 0 fully saturated rings. The molecule has 166 valence electrons. The van der Waals surface area contributed by atoms with Gasteiger partial charge in [0.2, 0.25) is 0 Å². The summed E-state index contributed by atoms with van der Waals surface area (Å²) in [6.07, 6.45) is -1.76. The van der Waals surface area contributed by atoms with Crippen LogP contribution in [0.25, 0.3) is 0 Å². The van der Waals surface area contributed by atoms with Gasteiger partial charge in [0.1, 0.15) is 34.9 Å². The van der Waals surface area contributed by atoms with E-state index in [4.69, 9.17) is 9.15 Å². The second-order valence-electron chi connectivity index (χ2n) is 7.91. The lowest BCUT2D eigenvalue weighted by Crippen LogP contribution is -2.33. The standard InChI is InChI=1S/C16H16O6.C8H12O/c1-7-14-12(20)5-9(17)6-13(14)22-16(15(7)21)8-2-3-10(18)11(19)4-8;1-5-6(2)8(4)9-7(5)3/h2-7,15-21H,1H3;1-4H3/t7?,15-,16+;/m0./s1. The quantitative estimate of drug-likeness (QED) is 0.358. The summed E-state index contributed by atoms with van der Waals surface area (Å²) in [4.78, 5) is 0. The number of furan rings is 1. The zero-order valence-electron chi connectivity index (χ0n) is 18.2. The van der Waals surface area contributed by atoms with Crippen LogP contribution in [0, 0.1) is 27.7 Å². The molecule has 1 unspecified atom stereocenters. The fourth-order valence-corrected chi connectivity index (χ4v) is 3.69. The molecule has 0 bridgehead atoms. The minimum absolute atomic E-state index is 0.145. The molecule has 2 heterocycles. The average Bonchev–Trinajstić information content (AvgIpc) is 2.92. The number of phenols is 4. The molecule has 3 atom stereocenters. The van der Waals surface area contributed by atoms with Crippen molar-refractivity contribution in [3.8, 4) is 28.7 Å². The number of ether oxygens (including phenoxy) is 1. The van der Waals surface area contributed by atoms with Gasteiger partial charge in [-0.05, 0) is 56.5 Å². The first-order valence-corrected chi connectivity index (χ1v) is 9.96. The highest BCUT2D eigenvalue weighted by Crippen LogP contribution is 2.48. The van der Waals surface area contributed by atoms with Gasteiger partial charge in [-0.1, -0.05) is 13.0 Å². The average molecular weight is 428 g/mol. The summed E-state index contributed by atoms with van der Waals surface area (Å²) in [5.41, 5.74) is 3.47. The Morgan fingerprint density at radius 2 is 1.39 bits per heavy atom. The molecule has 7 nitrogen and oxygen atoms in total. The Hall–Kier alpha value is -3.32. The van der Waals surface area contributed by atoms with Crippen LogP contribution in [0.1, 0.15) is 52.7 Å². The van der Waals surface area contributed by atoms with E-state index in [1.807, 2.05) is 13.8 Å². The summed E-state index contributed by atoms with van der Waals surface area (Å²) >= 11 is 0. The summed E-state index contributed by atoms with van der Waals surface area (Å²) in [6.45, 7) is 9.89. The summed E-state index contributed by atoms with van der Waals surface area (Å²) in [5, 5.41) is 48.9. The molecule has 0 amide bonds. The van der Waals surface area contributed by atoms with Crippen LogP contribution in [0.2, 0.25) is 0 Å². The fraction of sp³-hybridized carbons (Fsp3) is 0.333. The number of aryl methyl sites for hydroxylation is 2. The molecule has 31 heavy (non-hydrogen) atoms. The van der Waals surface area contributed by atoms with Crippen LogP contribution in [0.15, 0.2) is 34.7 Å². The molecule has 0 spiro atoms. The minimum atomic E-state index is -0.966. The number of aromatic hydroxyl groups is 4. The molecule has 0 aliphatic carbocycles. The van der Waals surface area contributed by atoms with Crippen molar-refractivity contribution in [3.05, 3.63) is 64.1 Å². The lowest BCUT2D eigenvalue weighted by molar-refractivity contribution is 0.00264. The predicted octanol–water partition coefficient (Wildman–Crippen LogP) is 4.62. The molecule has 4 rings (SSSR count). The van der Waals surface area contributed by atoms with Gasteiger partial charge in [0, 0.05) is 23.6 Å². The van der Waals surface area contributed by atoms with Crippen molar-refractivity contribution in [2.24, 2.45) is 0 Å². The minimum Gasteiger partial charge on any atom is -0.508 e. The van der Waals surface area contributed by atoms with E-state index in [1.54, 1.807) is 6.92 Å². The number of hydrogen-bond acceptors (Lipinski definition) is 7. The third-order valence-corrected chi connectivity index (χ3v) is 5.89. The first-order valence-electron chi connectivity index (χ1n) is 9.96. The lowest BCUT2D eigenvalue weighted by atomic mass is 9.85. The Bertz CT molecular complexity index is 1080. The van der Waals surface area contributed by atoms with Crippen molar-refractivity contribution >= 4 is 0 Å². The highest BCUT2D eigenvalue weighted by molar-refractivity contribution is 5.54. The molecule has 0 saturated heterocycles. The maximum atomic E-state index is 10.4. The summed E-state index contributed by atoms with van der Waals surface area (Å²) in [5.74, 6) is 1.05. The van der Waals surface area contributed by atoms with Gasteiger partial charge in [0.25, 0.3) is 0 Å². The number of rotatable bonds is 1. The van der Waals surface area contributed by atoms with Crippen LogP contribution in [-0.2, 0) is 0 Å². The Kier molecular flexibility index (Phi) is 6.08. The molecule has 7 heteroatoms. The maximum absolute atomic E-state index is 10.4. The zero-order valence-corrected chi connectivity index (χ0v) is 18.2. The molecule has 2 aromatic carbocycles. The summed E-state index contributed by atoms with van der Waals surface area (Å²) < 4.78 is 11.0. The summed E-state index contributed by atoms with van der Waals surface area (Å²) in [6, 6.07) is 6.70. The Balaban J connectivity index is 0.000000254. The molecular weight excluding hydrogens is 400 g/mol. The maximum Gasteiger partial charge on any atom is 0.157 e. The van der Waals surface area contributed by atoms with E-state index in [1.165, 1.54) is 41.5 Å². The molecule has 0 saturated carbocycles. The number of phenolic OH excluding ortho intramolecular Hbond substituents is 4. The molecule has 1 aliphatic heterocycles. The van der Waals surface area contributed by atoms with E-state index >= 15 is 0 Å². The fourth-order valence-electron chi connectivity index (χ4n) is 3.69. The largest absolute Gasteiger partial charge is 0.508 e. The van der Waals surface area contributed by atoms with E-state index in [2.05, 4.69) is 13.8 Å². The highest BCUT2D eigenvalue weighted by Gasteiger charge is 2.38. The SMILES string of the molecule is CC1c2c(O)cc(O)cc2O[C@H](c2ccc(O)c(O)c2)[C@H]1O.Cc1oc(C)c(C)c1C. The van der Waals surface area contributed by atoms with Crippen molar-refractivity contribution in [3.63, 3.8) is 0 Å². The van der Waals surface area contributed by atoms with E-state index in [-0.39, 0.29) is 28.7 Å². The van der Waals surface area contributed by atoms with Crippen molar-refractivity contribution in [1.29, 1.82) is 0 Å². The van der Waals surface area contributed by atoms with Crippen molar-refractivity contribution in [2.45, 2.75) is 52.7 Å². The van der Waals surface area contributed by atoms with Crippen LogP contribution in [0.4, 0.5) is 0 Å². The highest BCUT2D eigenvalue weighted by atomic mass is 16.5. The van der Waals surface area contributed by atoms with Gasteiger partial charge < -0.3 is 34.7 Å². The van der Waals surface area contributed by atoms with Crippen LogP contribution < -0.4 is 4.74 Å². The topological polar surface area (TPSA) is 124 Å². The van der Waals surface area contributed by atoms with Gasteiger partial charge in [-0.2, -0.15) is 0 Å². The first kappa shape index (κ1) is 22.4. The number of hydrogen-bond donors (Lipinski definition) is 5. The van der Waals surface area contributed by atoms with Gasteiger partial charge in [0.15, 0.2) is 17.6 Å². The van der Waals surface area contributed by atoms with Crippen LogP contribution in [-0.4, -0.2) is 31.6 Å².